The number of carboxylic acids is 1. The normalized spacial score (nSPS) is 28.8. The molecular weight excluding hydrogens is 272 g/mol. The van der Waals surface area contributed by atoms with E-state index in [1.165, 1.54) is 0 Å². The topological polar surface area (TPSA) is 78.9 Å². The van der Waals surface area contributed by atoms with Crippen LogP contribution in [0.1, 0.15) is 32.6 Å². The second-order valence-corrected chi connectivity index (χ2v) is 6.16. The van der Waals surface area contributed by atoms with Crippen molar-refractivity contribution in [2.75, 3.05) is 32.8 Å². The first-order valence-corrected chi connectivity index (χ1v) is 7.91. The average molecular weight is 298 g/mol. The summed E-state index contributed by atoms with van der Waals surface area (Å²) in [6, 6.07) is 0.0342. The van der Waals surface area contributed by atoms with Gasteiger partial charge in [-0.05, 0) is 19.8 Å². The maximum absolute atomic E-state index is 12.3. The Kier molecular flexibility index (Phi) is 5.99. The molecule has 1 heterocycles. The highest BCUT2D eigenvalue weighted by Crippen LogP contribution is 2.30. The number of ether oxygens (including phenoxy) is 1. The summed E-state index contributed by atoms with van der Waals surface area (Å²) < 4.78 is 5.30. The summed E-state index contributed by atoms with van der Waals surface area (Å²) in [6.45, 7) is 6.03. The third-order valence-corrected chi connectivity index (χ3v) is 4.44. The average Bonchev–Trinajstić information content (AvgIpc) is 2.48. The summed E-state index contributed by atoms with van der Waals surface area (Å²) >= 11 is 0. The van der Waals surface area contributed by atoms with Crippen LogP contribution in [-0.4, -0.2) is 60.8 Å². The lowest BCUT2D eigenvalue weighted by molar-refractivity contribution is -0.149. The zero-order valence-electron chi connectivity index (χ0n) is 12.7. The molecule has 1 amide bonds. The van der Waals surface area contributed by atoms with Crippen LogP contribution in [0.25, 0.3) is 0 Å². The lowest BCUT2D eigenvalue weighted by atomic mass is 9.78. The number of carbonyl (C=O) groups is 2. The van der Waals surface area contributed by atoms with Gasteiger partial charge in [-0.1, -0.05) is 12.8 Å². The van der Waals surface area contributed by atoms with Crippen molar-refractivity contribution in [3.63, 3.8) is 0 Å². The Balaban J connectivity index is 1.82. The van der Waals surface area contributed by atoms with Gasteiger partial charge in [0.15, 0.2) is 0 Å². The van der Waals surface area contributed by atoms with Gasteiger partial charge in [0.1, 0.15) is 0 Å². The van der Waals surface area contributed by atoms with Crippen LogP contribution < -0.4 is 5.32 Å². The highest BCUT2D eigenvalue weighted by molar-refractivity contribution is 5.85. The van der Waals surface area contributed by atoms with Gasteiger partial charge in [-0.15, -0.1) is 0 Å². The molecule has 3 unspecified atom stereocenters. The van der Waals surface area contributed by atoms with Crippen LogP contribution in [-0.2, 0) is 14.3 Å². The molecular formula is C15H26N2O4. The second-order valence-electron chi connectivity index (χ2n) is 6.16. The molecule has 0 aromatic rings. The Morgan fingerprint density at radius 1 is 1.24 bits per heavy atom. The molecule has 0 aromatic heterocycles. The van der Waals surface area contributed by atoms with Gasteiger partial charge in [0.25, 0.3) is 0 Å². The molecule has 1 saturated heterocycles. The number of amides is 1. The van der Waals surface area contributed by atoms with E-state index in [0.29, 0.717) is 12.8 Å². The molecule has 2 N–H and O–H groups in total. The summed E-state index contributed by atoms with van der Waals surface area (Å²) in [5.74, 6) is -1.82. The van der Waals surface area contributed by atoms with Crippen LogP contribution in [0.15, 0.2) is 0 Å². The number of morpholine rings is 1. The van der Waals surface area contributed by atoms with E-state index in [1.54, 1.807) is 0 Å². The molecule has 3 atom stereocenters. The van der Waals surface area contributed by atoms with Gasteiger partial charge < -0.3 is 15.2 Å². The van der Waals surface area contributed by atoms with E-state index >= 15 is 0 Å². The maximum atomic E-state index is 12.3. The fourth-order valence-electron chi connectivity index (χ4n) is 3.31. The van der Waals surface area contributed by atoms with E-state index in [4.69, 9.17) is 4.74 Å². The lowest BCUT2D eigenvalue weighted by Gasteiger charge is -2.32. The maximum Gasteiger partial charge on any atom is 0.307 e. The standard InChI is InChI=1S/C15H26N2O4/c1-11(10-17-6-8-21-9-7-17)16-14(18)12-4-2-3-5-13(12)15(19)20/h11-13H,2-10H2,1H3,(H,16,18)(H,19,20). The Labute approximate surface area is 125 Å². The molecule has 2 rings (SSSR count). The van der Waals surface area contributed by atoms with Gasteiger partial charge in [-0.25, -0.2) is 0 Å². The molecule has 6 nitrogen and oxygen atoms in total. The third kappa shape index (κ3) is 4.68. The first-order valence-electron chi connectivity index (χ1n) is 7.91. The van der Waals surface area contributed by atoms with Crippen molar-refractivity contribution in [2.24, 2.45) is 11.8 Å². The number of hydrogen-bond donors (Lipinski definition) is 2. The molecule has 1 saturated carbocycles. The zero-order chi connectivity index (χ0) is 15.2. The molecule has 120 valence electrons. The second kappa shape index (κ2) is 7.75. The molecule has 0 bridgehead atoms. The lowest BCUT2D eigenvalue weighted by Crippen LogP contribution is -2.49. The summed E-state index contributed by atoms with van der Waals surface area (Å²) in [4.78, 5) is 25.9. The quantitative estimate of drug-likeness (QED) is 0.781. The number of rotatable bonds is 5. The van der Waals surface area contributed by atoms with Gasteiger partial charge in [0, 0.05) is 25.7 Å². The van der Waals surface area contributed by atoms with Gasteiger partial charge in [-0.2, -0.15) is 0 Å². The van der Waals surface area contributed by atoms with E-state index in [9.17, 15) is 14.7 Å². The molecule has 6 heteroatoms. The zero-order valence-corrected chi connectivity index (χ0v) is 12.7. The predicted octanol–water partition coefficient (Wildman–Crippen LogP) is 0.714. The van der Waals surface area contributed by atoms with Crippen LogP contribution in [0.2, 0.25) is 0 Å². The third-order valence-electron chi connectivity index (χ3n) is 4.44. The van der Waals surface area contributed by atoms with E-state index in [1.807, 2.05) is 6.92 Å². The molecule has 0 radical (unpaired) electrons. The van der Waals surface area contributed by atoms with Crippen molar-refractivity contribution in [3.8, 4) is 0 Å². The van der Waals surface area contributed by atoms with Crippen LogP contribution in [0.3, 0.4) is 0 Å². The minimum absolute atomic E-state index is 0.0342. The summed E-state index contributed by atoms with van der Waals surface area (Å²) in [5, 5.41) is 12.2. The van der Waals surface area contributed by atoms with Crippen molar-refractivity contribution in [1.29, 1.82) is 0 Å². The fourth-order valence-corrected chi connectivity index (χ4v) is 3.31. The van der Waals surface area contributed by atoms with E-state index < -0.39 is 11.9 Å². The number of hydrogen-bond acceptors (Lipinski definition) is 4. The number of carbonyl (C=O) groups excluding carboxylic acids is 1. The molecule has 21 heavy (non-hydrogen) atoms. The van der Waals surface area contributed by atoms with Crippen LogP contribution in [0.4, 0.5) is 0 Å². The Bertz CT molecular complexity index is 369. The number of nitrogens with one attached hydrogen (secondary N) is 1. The highest BCUT2D eigenvalue weighted by atomic mass is 16.5. The van der Waals surface area contributed by atoms with Crippen molar-refractivity contribution < 1.29 is 19.4 Å². The van der Waals surface area contributed by atoms with E-state index in [0.717, 1.165) is 45.7 Å². The van der Waals surface area contributed by atoms with Crippen LogP contribution in [0, 0.1) is 11.8 Å². The van der Waals surface area contributed by atoms with Gasteiger partial charge in [0.2, 0.25) is 5.91 Å². The van der Waals surface area contributed by atoms with Gasteiger partial charge >= 0.3 is 5.97 Å². The molecule has 0 spiro atoms. The summed E-state index contributed by atoms with van der Waals surface area (Å²) in [6.07, 6.45) is 3.15. The smallest absolute Gasteiger partial charge is 0.307 e. The molecule has 0 aromatic carbocycles. The number of carboxylic acid groups (broad SMARTS) is 1. The molecule has 2 aliphatic rings. The van der Waals surface area contributed by atoms with Crippen molar-refractivity contribution in [2.45, 2.75) is 38.6 Å². The van der Waals surface area contributed by atoms with Crippen LogP contribution >= 0.6 is 0 Å². The van der Waals surface area contributed by atoms with Crippen molar-refractivity contribution in [3.05, 3.63) is 0 Å². The van der Waals surface area contributed by atoms with Crippen LogP contribution in [0.5, 0.6) is 0 Å². The molecule has 1 aliphatic heterocycles. The Hall–Kier alpha value is -1.14. The van der Waals surface area contributed by atoms with E-state index in [-0.39, 0.29) is 17.9 Å². The summed E-state index contributed by atoms with van der Waals surface area (Å²) in [5.41, 5.74) is 0. The largest absolute Gasteiger partial charge is 0.481 e. The minimum atomic E-state index is -0.837. The van der Waals surface area contributed by atoms with E-state index in [2.05, 4.69) is 10.2 Å². The summed E-state index contributed by atoms with van der Waals surface area (Å²) in [7, 11) is 0. The number of aliphatic carboxylic acids is 1. The molecule has 2 fully saturated rings. The fraction of sp³-hybridized carbons (Fsp3) is 0.867. The predicted molar refractivity (Wildman–Crippen MR) is 77.9 cm³/mol. The van der Waals surface area contributed by atoms with Crippen molar-refractivity contribution >= 4 is 11.9 Å². The van der Waals surface area contributed by atoms with Gasteiger partial charge in [0.05, 0.1) is 25.0 Å². The monoisotopic (exact) mass is 298 g/mol. The first-order chi connectivity index (χ1) is 10.1. The first kappa shape index (κ1) is 16.2. The van der Waals surface area contributed by atoms with Crippen molar-refractivity contribution in [1.82, 2.24) is 10.2 Å². The van der Waals surface area contributed by atoms with Gasteiger partial charge in [-0.3, -0.25) is 14.5 Å². The Morgan fingerprint density at radius 3 is 2.48 bits per heavy atom. The molecule has 1 aliphatic carbocycles. The SMILES string of the molecule is CC(CN1CCOCC1)NC(=O)C1CCCCC1C(=O)O. The highest BCUT2D eigenvalue weighted by Gasteiger charge is 2.36. The number of nitrogens with zero attached hydrogens (tertiary/aromatic N) is 1. The minimum Gasteiger partial charge on any atom is -0.481 e. The Morgan fingerprint density at radius 2 is 1.86 bits per heavy atom.